The molecule has 3 nitrogen and oxygen atoms in total. The van der Waals surface area contributed by atoms with E-state index < -0.39 is 0 Å². The molecule has 0 aliphatic carbocycles. The molecule has 17 heavy (non-hydrogen) atoms. The number of aromatic nitrogens is 2. The quantitative estimate of drug-likeness (QED) is 0.614. The Bertz CT molecular complexity index is 448. The van der Waals surface area contributed by atoms with Gasteiger partial charge in [0.05, 0.1) is 11.9 Å². The van der Waals surface area contributed by atoms with Crippen LogP contribution in [0.4, 0.5) is 0 Å². The number of hydrogen-bond acceptors (Lipinski definition) is 4. The summed E-state index contributed by atoms with van der Waals surface area (Å²) >= 11 is 3.58. The molecule has 0 saturated heterocycles. The van der Waals surface area contributed by atoms with E-state index in [0.717, 1.165) is 11.7 Å². The van der Waals surface area contributed by atoms with Crippen molar-refractivity contribution >= 4 is 23.1 Å². The highest BCUT2D eigenvalue weighted by molar-refractivity contribution is 7.99. The molecule has 0 fully saturated rings. The van der Waals surface area contributed by atoms with E-state index in [-0.39, 0.29) is 0 Å². The van der Waals surface area contributed by atoms with Crippen LogP contribution in [0.25, 0.3) is 0 Å². The van der Waals surface area contributed by atoms with Gasteiger partial charge in [0.2, 0.25) is 0 Å². The zero-order valence-electron chi connectivity index (χ0n) is 10.3. The van der Waals surface area contributed by atoms with Gasteiger partial charge in [-0.3, -0.25) is 4.90 Å². The van der Waals surface area contributed by atoms with E-state index in [2.05, 4.69) is 53.0 Å². The average molecular weight is 267 g/mol. The number of hydrogen-bond donors (Lipinski definition) is 0. The summed E-state index contributed by atoms with van der Waals surface area (Å²) in [5, 5.41) is 3.63. The first-order valence-electron chi connectivity index (χ1n) is 5.53. The predicted molar refractivity (Wildman–Crippen MR) is 74.7 cm³/mol. The van der Waals surface area contributed by atoms with Gasteiger partial charge in [-0.1, -0.05) is 17.8 Å². The monoisotopic (exact) mass is 267 g/mol. The molecule has 1 atom stereocenters. The largest absolute Gasteiger partial charge is 0.321 e. The van der Waals surface area contributed by atoms with Crippen LogP contribution in [0.1, 0.15) is 11.8 Å². The first-order valence-corrected chi connectivity index (χ1v) is 7.29. The Morgan fingerprint density at radius 2 is 2.35 bits per heavy atom. The van der Waals surface area contributed by atoms with Gasteiger partial charge in [-0.15, -0.1) is 11.3 Å². The maximum absolute atomic E-state index is 4.42. The van der Waals surface area contributed by atoms with Gasteiger partial charge in [-0.05, 0) is 32.5 Å². The molecule has 92 valence electrons. The summed E-state index contributed by atoms with van der Waals surface area (Å²) in [6.07, 6.45) is 3.92. The summed E-state index contributed by atoms with van der Waals surface area (Å²) in [7, 11) is 4.18. The van der Waals surface area contributed by atoms with Crippen LogP contribution in [-0.2, 0) is 6.54 Å². The molecule has 0 aromatic carbocycles. The number of thioether (sulfide) groups is 1. The van der Waals surface area contributed by atoms with Crippen LogP contribution in [0.15, 0.2) is 35.1 Å². The van der Waals surface area contributed by atoms with Gasteiger partial charge in [-0.25, -0.2) is 4.98 Å². The molecule has 2 aromatic heterocycles. The van der Waals surface area contributed by atoms with E-state index in [9.17, 15) is 0 Å². The fourth-order valence-corrected chi connectivity index (χ4v) is 2.96. The predicted octanol–water partition coefficient (Wildman–Crippen LogP) is 2.99. The Labute approximate surface area is 110 Å². The van der Waals surface area contributed by atoms with Gasteiger partial charge in [-0.2, -0.15) is 0 Å². The van der Waals surface area contributed by atoms with E-state index in [1.807, 2.05) is 12.4 Å². The Hall–Kier alpha value is -0.780. The summed E-state index contributed by atoms with van der Waals surface area (Å²) in [6.45, 7) is 3.11. The highest BCUT2D eigenvalue weighted by Gasteiger charge is 2.11. The lowest BCUT2D eigenvalue weighted by molar-refractivity contribution is 0.401. The van der Waals surface area contributed by atoms with Crippen molar-refractivity contribution in [2.75, 3.05) is 14.1 Å². The summed E-state index contributed by atoms with van der Waals surface area (Å²) in [5.74, 6) is 0. The second kappa shape index (κ2) is 5.71. The van der Waals surface area contributed by atoms with Crippen molar-refractivity contribution in [3.8, 4) is 0 Å². The van der Waals surface area contributed by atoms with Crippen LogP contribution in [0.3, 0.4) is 0 Å². The second-order valence-electron chi connectivity index (χ2n) is 4.10. The first kappa shape index (κ1) is 12.7. The van der Waals surface area contributed by atoms with Crippen molar-refractivity contribution in [3.05, 3.63) is 34.8 Å². The Kier molecular flexibility index (Phi) is 4.25. The van der Waals surface area contributed by atoms with Gasteiger partial charge in [0, 0.05) is 17.3 Å². The molecule has 0 saturated carbocycles. The number of imidazole rings is 1. The molecule has 2 heterocycles. The molecule has 1 unspecified atom stereocenters. The number of thiophene rings is 1. The second-order valence-corrected chi connectivity index (χ2v) is 6.41. The molecule has 0 N–H and O–H groups in total. The zero-order valence-corrected chi connectivity index (χ0v) is 12.0. The van der Waals surface area contributed by atoms with E-state index in [4.69, 9.17) is 0 Å². The lowest BCUT2D eigenvalue weighted by atomic mass is 10.5. The Morgan fingerprint density at radius 3 is 3.00 bits per heavy atom. The normalized spacial score (nSPS) is 13.2. The topological polar surface area (TPSA) is 21.1 Å². The van der Waals surface area contributed by atoms with Crippen LogP contribution < -0.4 is 0 Å². The maximum atomic E-state index is 4.42. The Balaban J connectivity index is 2.06. The van der Waals surface area contributed by atoms with Crippen LogP contribution in [0.5, 0.6) is 0 Å². The molecule has 0 radical (unpaired) electrons. The van der Waals surface area contributed by atoms with Gasteiger partial charge >= 0.3 is 0 Å². The zero-order chi connectivity index (χ0) is 12.3. The van der Waals surface area contributed by atoms with Gasteiger partial charge in [0.25, 0.3) is 0 Å². The fourth-order valence-electron chi connectivity index (χ4n) is 1.36. The van der Waals surface area contributed by atoms with Crippen LogP contribution in [0, 0.1) is 0 Å². The minimum absolute atomic E-state index is 0.430. The van der Waals surface area contributed by atoms with Crippen molar-refractivity contribution in [3.63, 3.8) is 0 Å². The lowest BCUT2D eigenvalue weighted by Gasteiger charge is -2.18. The number of nitrogens with zero attached hydrogens (tertiary/aromatic N) is 3. The third kappa shape index (κ3) is 3.34. The average Bonchev–Trinajstić information content (AvgIpc) is 2.91. The minimum atomic E-state index is 0.430. The van der Waals surface area contributed by atoms with Gasteiger partial charge in [0.15, 0.2) is 5.16 Å². The van der Waals surface area contributed by atoms with Gasteiger partial charge in [0.1, 0.15) is 0 Å². The molecule has 0 amide bonds. The molecule has 0 aliphatic heterocycles. The highest BCUT2D eigenvalue weighted by atomic mass is 32.2. The standard InChI is InChI=1S/C12H17N3S2/c1-10(14(2)3)17-12-13-6-7-15(12)9-11-5-4-8-16-11/h4-8,10H,9H2,1-3H3. The summed E-state index contributed by atoms with van der Waals surface area (Å²) in [5.41, 5.74) is 0. The summed E-state index contributed by atoms with van der Waals surface area (Å²) in [4.78, 5) is 7.98. The molecule has 2 aromatic rings. The number of rotatable bonds is 5. The van der Waals surface area contributed by atoms with E-state index in [0.29, 0.717) is 5.37 Å². The van der Waals surface area contributed by atoms with E-state index in [1.165, 1.54) is 4.88 Å². The smallest absolute Gasteiger partial charge is 0.169 e. The minimum Gasteiger partial charge on any atom is -0.321 e. The molecule has 2 rings (SSSR count). The first-order chi connectivity index (χ1) is 8.16. The SMILES string of the molecule is CC(Sc1nccn1Cc1cccs1)N(C)C. The van der Waals surface area contributed by atoms with Gasteiger partial charge < -0.3 is 4.57 Å². The molecule has 0 aliphatic rings. The highest BCUT2D eigenvalue weighted by Crippen LogP contribution is 2.23. The van der Waals surface area contributed by atoms with Crippen molar-refractivity contribution < 1.29 is 0 Å². The van der Waals surface area contributed by atoms with Crippen LogP contribution >= 0.6 is 23.1 Å². The van der Waals surface area contributed by atoms with Crippen LogP contribution in [-0.4, -0.2) is 33.9 Å². The summed E-state index contributed by atoms with van der Waals surface area (Å²) < 4.78 is 2.20. The summed E-state index contributed by atoms with van der Waals surface area (Å²) in [6, 6.07) is 4.25. The lowest BCUT2D eigenvalue weighted by Crippen LogP contribution is -2.21. The molecular formula is C12H17N3S2. The molecule has 0 spiro atoms. The molecule has 0 bridgehead atoms. The van der Waals surface area contributed by atoms with Crippen molar-refractivity contribution in [1.29, 1.82) is 0 Å². The Morgan fingerprint density at radius 1 is 1.53 bits per heavy atom. The molecular weight excluding hydrogens is 250 g/mol. The van der Waals surface area contributed by atoms with E-state index >= 15 is 0 Å². The van der Waals surface area contributed by atoms with Crippen molar-refractivity contribution in [2.24, 2.45) is 0 Å². The van der Waals surface area contributed by atoms with Crippen molar-refractivity contribution in [2.45, 2.75) is 24.0 Å². The van der Waals surface area contributed by atoms with Crippen molar-refractivity contribution in [1.82, 2.24) is 14.5 Å². The van der Waals surface area contributed by atoms with E-state index in [1.54, 1.807) is 23.1 Å². The fraction of sp³-hybridized carbons (Fsp3) is 0.417. The van der Waals surface area contributed by atoms with Crippen LogP contribution in [0.2, 0.25) is 0 Å². The molecule has 5 heteroatoms. The maximum Gasteiger partial charge on any atom is 0.169 e. The third-order valence-electron chi connectivity index (χ3n) is 2.59. The third-order valence-corrected chi connectivity index (χ3v) is 4.76.